The molecule has 1 aliphatic carbocycles. The number of rotatable bonds is 2. The number of hydrogen-bond donors (Lipinski definition) is 1. The van der Waals surface area contributed by atoms with E-state index in [-0.39, 0.29) is 5.82 Å². The molecule has 3 aromatic rings. The highest BCUT2D eigenvalue weighted by Crippen LogP contribution is 2.23. The van der Waals surface area contributed by atoms with Crippen LogP contribution in [0.15, 0.2) is 36.8 Å². The highest BCUT2D eigenvalue weighted by molar-refractivity contribution is 5.82. The Morgan fingerprint density at radius 2 is 1.81 bits per heavy atom. The maximum Gasteiger partial charge on any atom is 0.418 e. The zero-order valence-corrected chi connectivity index (χ0v) is 15.8. The Bertz CT molecular complexity index is 974. The Balaban J connectivity index is 0.000000637. The van der Waals surface area contributed by atoms with Crippen molar-refractivity contribution < 1.29 is 14.3 Å². The fourth-order valence-corrected chi connectivity index (χ4v) is 2.36. The Hall–Kier alpha value is -3.09. The smallest absolute Gasteiger partial charge is 0.418 e. The minimum atomic E-state index is -0.562. The predicted molar refractivity (Wildman–Crippen MR) is 104 cm³/mol. The summed E-state index contributed by atoms with van der Waals surface area (Å²) in [5.41, 5.74) is 7.69. The number of anilines is 1. The summed E-state index contributed by atoms with van der Waals surface area (Å²) >= 11 is 0. The average Bonchev–Trinajstić information content (AvgIpc) is 3.32. The van der Waals surface area contributed by atoms with E-state index >= 15 is 0 Å². The van der Waals surface area contributed by atoms with Crippen LogP contribution in [0.4, 0.5) is 10.6 Å². The minimum Gasteiger partial charge on any atom is -0.443 e. The fraction of sp³-hybridized carbons (Fsp3) is 0.350. The second kappa shape index (κ2) is 7.26. The van der Waals surface area contributed by atoms with E-state index in [0.29, 0.717) is 17.6 Å². The molecular weight excluding hydrogens is 344 g/mol. The minimum absolute atomic E-state index is 0.188. The second-order valence-electron chi connectivity index (χ2n) is 7.49. The van der Waals surface area contributed by atoms with Crippen LogP contribution in [0, 0.1) is 0 Å². The van der Waals surface area contributed by atoms with Gasteiger partial charge in [0.1, 0.15) is 16.9 Å². The molecule has 0 spiro atoms. The molecule has 3 heterocycles. The topological polar surface area (TPSA) is 91.6 Å². The second-order valence-corrected chi connectivity index (χ2v) is 7.49. The molecule has 1 aliphatic rings. The Kier molecular flexibility index (Phi) is 5.03. The van der Waals surface area contributed by atoms with Crippen LogP contribution in [0.5, 0.6) is 0 Å². The number of carbonyl (C=O) groups is 2. The number of nitrogens with zero attached hydrogens (tertiary/aromatic N) is 3. The van der Waals surface area contributed by atoms with Crippen molar-refractivity contribution >= 4 is 23.8 Å². The summed E-state index contributed by atoms with van der Waals surface area (Å²) in [7, 11) is 0. The van der Waals surface area contributed by atoms with E-state index in [2.05, 4.69) is 4.98 Å². The summed E-state index contributed by atoms with van der Waals surface area (Å²) in [4.78, 5) is 27.4. The number of pyridine rings is 1. The Morgan fingerprint density at radius 3 is 2.41 bits per heavy atom. The lowest BCUT2D eigenvalue weighted by molar-refractivity contribution is 0.0537. The lowest BCUT2D eigenvalue weighted by Crippen LogP contribution is -2.26. The van der Waals surface area contributed by atoms with Gasteiger partial charge in [-0.2, -0.15) is 0 Å². The van der Waals surface area contributed by atoms with Gasteiger partial charge in [0.25, 0.3) is 0 Å². The van der Waals surface area contributed by atoms with Gasteiger partial charge in [-0.3, -0.25) is 13.8 Å². The van der Waals surface area contributed by atoms with Gasteiger partial charge in [-0.1, -0.05) is 19.3 Å². The summed E-state index contributed by atoms with van der Waals surface area (Å²) in [6.07, 6.45) is 9.80. The van der Waals surface area contributed by atoms with E-state index in [9.17, 15) is 9.59 Å². The molecule has 4 rings (SSSR count). The highest BCUT2D eigenvalue weighted by atomic mass is 16.6. The normalized spacial score (nSPS) is 13.0. The van der Waals surface area contributed by atoms with Crippen LogP contribution in [0.25, 0.3) is 16.8 Å². The van der Waals surface area contributed by atoms with Gasteiger partial charge in [-0.15, -0.1) is 0 Å². The number of nitrogens with two attached hydrogens (primary N) is 1. The molecule has 27 heavy (non-hydrogen) atoms. The Labute approximate surface area is 157 Å². The first kappa shape index (κ1) is 18.7. The maximum atomic E-state index is 12.1. The van der Waals surface area contributed by atoms with Crippen LogP contribution in [0.3, 0.4) is 0 Å². The number of aromatic nitrogens is 3. The number of carbonyl (C=O) groups excluding carboxylic acids is 2. The largest absolute Gasteiger partial charge is 0.443 e. The first-order valence-corrected chi connectivity index (χ1v) is 8.93. The van der Waals surface area contributed by atoms with Gasteiger partial charge >= 0.3 is 6.09 Å². The zero-order chi connectivity index (χ0) is 19.6. The number of fused-ring (bicyclic) bond motifs is 1. The molecule has 142 valence electrons. The van der Waals surface area contributed by atoms with Gasteiger partial charge in [0.2, 0.25) is 0 Å². The highest BCUT2D eigenvalue weighted by Gasteiger charge is 2.18. The van der Waals surface area contributed by atoms with Crippen LogP contribution >= 0.6 is 0 Å². The molecule has 0 amide bonds. The molecule has 1 saturated carbocycles. The molecule has 0 unspecified atom stereocenters. The Morgan fingerprint density at radius 1 is 1.15 bits per heavy atom. The third kappa shape index (κ3) is 4.55. The van der Waals surface area contributed by atoms with Crippen molar-refractivity contribution in [3.63, 3.8) is 0 Å². The van der Waals surface area contributed by atoms with E-state index in [0.717, 1.165) is 11.1 Å². The molecule has 3 aromatic heterocycles. The quantitative estimate of drug-likeness (QED) is 0.686. The van der Waals surface area contributed by atoms with Crippen molar-refractivity contribution in [2.75, 3.05) is 5.73 Å². The zero-order valence-electron chi connectivity index (χ0n) is 15.8. The molecule has 2 N–H and O–H groups in total. The van der Waals surface area contributed by atoms with E-state index < -0.39 is 11.7 Å². The fourth-order valence-electron chi connectivity index (χ4n) is 2.36. The first-order valence-electron chi connectivity index (χ1n) is 8.93. The number of hydrogen-bond acceptors (Lipinski definition) is 5. The lowest BCUT2D eigenvalue weighted by Gasteiger charge is -2.19. The molecule has 7 nitrogen and oxygen atoms in total. The number of ether oxygens (including phenoxy) is 1. The number of nitrogen functional groups attached to an aromatic ring is 1. The van der Waals surface area contributed by atoms with Gasteiger partial charge in [0, 0.05) is 29.7 Å². The van der Waals surface area contributed by atoms with Gasteiger partial charge in [-0.05, 0) is 39.0 Å². The van der Waals surface area contributed by atoms with Gasteiger partial charge < -0.3 is 10.5 Å². The summed E-state index contributed by atoms with van der Waals surface area (Å²) < 4.78 is 8.34. The molecule has 0 saturated heterocycles. The monoisotopic (exact) mass is 368 g/mol. The molecule has 0 radical (unpaired) electrons. The van der Waals surface area contributed by atoms with Gasteiger partial charge in [0.15, 0.2) is 12.1 Å². The number of imidazole rings is 1. The first-order chi connectivity index (χ1) is 12.8. The lowest BCUT2D eigenvalue weighted by atomic mass is 10.1. The van der Waals surface area contributed by atoms with Crippen LogP contribution in [-0.4, -0.2) is 31.9 Å². The van der Waals surface area contributed by atoms with Crippen LogP contribution in [-0.2, 0) is 4.74 Å². The molecule has 0 aliphatic heterocycles. The molecular formula is C20H24N4O3. The molecule has 0 aromatic carbocycles. The van der Waals surface area contributed by atoms with Crippen LogP contribution in [0.1, 0.15) is 50.5 Å². The van der Waals surface area contributed by atoms with Crippen molar-refractivity contribution in [3.05, 3.63) is 42.5 Å². The molecule has 0 atom stereocenters. The van der Waals surface area contributed by atoms with E-state index in [1.807, 2.05) is 26.8 Å². The number of aldehydes is 1. The van der Waals surface area contributed by atoms with E-state index in [4.69, 9.17) is 10.5 Å². The van der Waals surface area contributed by atoms with E-state index in [1.165, 1.54) is 23.8 Å². The van der Waals surface area contributed by atoms with Crippen molar-refractivity contribution in [2.45, 2.75) is 45.6 Å². The summed E-state index contributed by atoms with van der Waals surface area (Å²) in [6, 6.07) is 5.42. The van der Waals surface area contributed by atoms with Crippen LogP contribution < -0.4 is 5.73 Å². The summed E-state index contributed by atoms with van der Waals surface area (Å²) in [6.45, 7) is 5.44. The third-order valence-electron chi connectivity index (χ3n) is 3.78. The summed E-state index contributed by atoms with van der Waals surface area (Å²) in [5.74, 6) is 0.188. The average molecular weight is 368 g/mol. The molecule has 1 fully saturated rings. The van der Waals surface area contributed by atoms with Crippen molar-refractivity contribution in [1.29, 1.82) is 0 Å². The van der Waals surface area contributed by atoms with E-state index in [1.54, 1.807) is 35.1 Å². The predicted octanol–water partition coefficient (Wildman–Crippen LogP) is 4.15. The summed E-state index contributed by atoms with van der Waals surface area (Å²) in [5, 5.41) is 0. The van der Waals surface area contributed by atoms with Crippen LogP contribution in [0.2, 0.25) is 0 Å². The van der Waals surface area contributed by atoms with Crippen molar-refractivity contribution in [1.82, 2.24) is 14.0 Å². The van der Waals surface area contributed by atoms with Gasteiger partial charge in [-0.25, -0.2) is 9.78 Å². The van der Waals surface area contributed by atoms with Gasteiger partial charge in [0.05, 0.1) is 0 Å². The third-order valence-corrected chi connectivity index (χ3v) is 3.78. The standard InChI is InChI=1S/C17H18N4O3.C3H6/c1-17(2,3)24-16(23)20-7-6-12(8-20)11-4-5-14-19-15(18)13(10-22)21(14)9-11;1-2-3-1/h4-10H,18H2,1-3H3;1-3H2. The maximum absolute atomic E-state index is 12.1. The molecule has 0 bridgehead atoms. The van der Waals surface area contributed by atoms with Crippen molar-refractivity contribution in [3.8, 4) is 11.1 Å². The molecule has 7 heteroatoms. The SMILES string of the molecule is C1CC1.CC(C)(C)OC(=O)n1ccc(-c2ccc3nc(N)c(C=O)n3c2)c1. The van der Waals surface area contributed by atoms with Crippen molar-refractivity contribution in [2.24, 2.45) is 0 Å².